The smallest absolute Gasteiger partial charge is 0.330 e. The highest BCUT2D eigenvalue weighted by Gasteiger charge is 2.10. The normalized spacial score (nSPS) is 11.6. The predicted octanol–water partition coefficient (Wildman–Crippen LogP) is 1.24. The van der Waals surface area contributed by atoms with Gasteiger partial charge in [-0.2, -0.15) is 8.42 Å². The van der Waals surface area contributed by atoms with Gasteiger partial charge in [-0.05, 0) is 37.1 Å². The third kappa shape index (κ3) is 3.08. The molecule has 0 amide bonds. The largest absolute Gasteiger partial charge is 0.332 e. The van der Waals surface area contributed by atoms with Crippen molar-refractivity contribution in [2.75, 3.05) is 6.54 Å². The molecule has 2 N–H and O–H groups in total. The fraction of sp³-hybridized carbons (Fsp3) is 0.333. The molecule has 0 aliphatic rings. The molecule has 0 heterocycles. The summed E-state index contributed by atoms with van der Waals surface area (Å²) in [6.45, 7) is 0.586. The van der Waals surface area contributed by atoms with Crippen molar-refractivity contribution < 1.29 is 12.3 Å². The van der Waals surface area contributed by atoms with E-state index in [1.807, 2.05) is 0 Å². The van der Waals surface area contributed by atoms with E-state index in [2.05, 4.69) is 0 Å². The van der Waals surface area contributed by atoms with E-state index in [1.54, 1.807) is 12.1 Å². The summed E-state index contributed by atoms with van der Waals surface area (Å²) in [5, 5.41) is 0. The molecular weight excluding hydrogens is 205 g/mol. The van der Waals surface area contributed by atoms with Crippen LogP contribution in [0.15, 0.2) is 29.2 Å². The molecule has 0 aromatic heterocycles. The van der Waals surface area contributed by atoms with E-state index in [1.165, 1.54) is 12.1 Å². The number of nitrogens with two attached hydrogens (primary N) is 1. The predicted molar refractivity (Wildman–Crippen MR) is 52.1 cm³/mol. The van der Waals surface area contributed by atoms with Crippen LogP contribution in [0, 0.1) is 0 Å². The molecule has 0 aliphatic carbocycles. The zero-order chi connectivity index (χ0) is 10.6. The van der Waals surface area contributed by atoms with E-state index < -0.39 is 10.2 Å². The monoisotopic (exact) mass is 217 g/mol. The van der Waals surface area contributed by atoms with Gasteiger partial charge in [0, 0.05) is 0 Å². The fourth-order valence-electron chi connectivity index (χ4n) is 1.12. The second-order valence-electron chi connectivity index (χ2n) is 2.97. The van der Waals surface area contributed by atoms with Gasteiger partial charge in [0.05, 0.1) is 4.90 Å². The highest BCUT2D eigenvalue weighted by Crippen LogP contribution is 2.13. The molecule has 0 saturated carbocycles. The minimum atomic E-state index is -4.56. The molecule has 0 saturated heterocycles. The molecule has 5 heteroatoms. The molecule has 0 spiro atoms. The van der Waals surface area contributed by atoms with Crippen LogP contribution >= 0.6 is 0 Å². The van der Waals surface area contributed by atoms with Gasteiger partial charge in [-0.1, -0.05) is 12.1 Å². The summed E-state index contributed by atoms with van der Waals surface area (Å²) in [7, 11) is -4.56. The Kier molecular flexibility index (Phi) is 3.60. The lowest BCUT2D eigenvalue weighted by molar-refractivity contribution is 0.552. The van der Waals surface area contributed by atoms with E-state index >= 15 is 0 Å². The third-order valence-electron chi connectivity index (χ3n) is 1.87. The molecule has 0 aliphatic heterocycles. The Hall–Kier alpha value is -0.940. The quantitative estimate of drug-likeness (QED) is 0.772. The molecule has 0 bridgehead atoms. The van der Waals surface area contributed by atoms with Gasteiger partial charge in [-0.15, -0.1) is 3.89 Å². The number of hydrogen-bond donors (Lipinski definition) is 1. The molecular formula is C9H12FNO2S. The summed E-state index contributed by atoms with van der Waals surface area (Å²) < 4.78 is 33.4. The lowest BCUT2D eigenvalue weighted by atomic mass is 10.1. The van der Waals surface area contributed by atoms with Crippen molar-refractivity contribution in [2.45, 2.75) is 17.7 Å². The molecule has 0 radical (unpaired) electrons. The van der Waals surface area contributed by atoms with Gasteiger partial charge >= 0.3 is 10.2 Å². The topological polar surface area (TPSA) is 60.2 Å². The van der Waals surface area contributed by atoms with E-state index in [0.717, 1.165) is 18.4 Å². The Balaban J connectivity index is 2.79. The molecule has 3 nitrogen and oxygen atoms in total. The van der Waals surface area contributed by atoms with Crippen molar-refractivity contribution in [3.63, 3.8) is 0 Å². The molecule has 0 unspecified atom stereocenters. The van der Waals surface area contributed by atoms with Crippen LogP contribution in [-0.4, -0.2) is 15.0 Å². The Bertz CT molecular complexity index is 386. The van der Waals surface area contributed by atoms with Crippen LogP contribution in [0.3, 0.4) is 0 Å². The molecule has 78 valence electrons. The molecule has 1 aromatic carbocycles. The molecule has 0 fully saturated rings. The number of hydrogen-bond acceptors (Lipinski definition) is 3. The summed E-state index contributed by atoms with van der Waals surface area (Å²) in [5.74, 6) is 0. The number of halogens is 1. The average molecular weight is 217 g/mol. The first-order valence-corrected chi connectivity index (χ1v) is 5.66. The minimum Gasteiger partial charge on any atom is -0.330 e. The van der Waals surface area contributed by atoms with Crippen molar-refractivity contribution in [1.82, 2.24) is 0 Å². The second-order valence-corrected chi connectivity index (χ2v) is 4.32. The molecule has 14 heavy (non-hydrogen) atoms. The Morgan fingerprint density at radius 1 is 1.21 bits per heavy atom. The summed E-state index contributed by atoms with van der Waals surface area (Å²) >= 11 is 0. The Morgan fingerprint density at radius 3 is 2.21 bits per heavy atom. The zero-order valence-corrected chi connectivity index (χ0v) is 8.43. The molecule has 0 atom stereocenters. The Labute approximate surface area is 83.0 Å². The highest BCUT2D eigenvalue weighted by molar-refractivity contribution is 7.86. The van der Waals surface area contributed by atoms with Crippen LogP contribution in [0.4, 0.5) is 3.89 Å². The maximum Gasteiger partial charge on any atom is 0.332 e. The van der Waals surface area contributed by atoms with E-state index in [9.17, 15) is 12.3 Å². The van der Waals surface area contributed by atoms with Crippen molar-refractivity contribution in [3.8, 4) is 0 Å². The summed E-state index contributed by atoms with van der Waals surface area (Å²) in [5.41, 5.74) is 6.28. The van der Waals surface area contributed by atoms with E-state index in [0.29, 0.717) is 6.54 Å². The van der Waals surface area contributed by atoms with Gasteiger partial charge in [-0.3, -0.25) is 0 Å². The second kappa shape index (κ2) is 4.52. The first-order valence-electron chi connectivity index (χ1n) is 4.27. The van der Waals surface area contributed by atoms with Crippen LogP contribution < -0.4 is 5.73 Å². The van der Waals surface area contributed by atoms with Crippen LogP contribution in [-0.2, 0) is 16.6 Å². The van der Waals surface area contributed by atoms with E-state index in [4.69, 9.17) is 5.73 Å². The zero-order valence-electron chi connectivity index (χ0n) is 7.61. The van der Waals surface area contributed by atoms with Crippen LogP contribution in [0.5, 0.6) is 0 Å². The fourth-order valence-corrected chi connectivity index (χ4v) is 1.59. The van der Waals surface area contributed by atoms with Gasteiger partial charge in [0.25, 0.3) is 0 Å². The maximum absolute atomic E-state index is 12.5. The lowest BCUT2D eigenvalue weighted by Crippen LogP contribution is -2.00. The average Bonchev–Trinajstić information content (AvgIpc) is 2.14. The standard InChI is InChI=1S/C9H12FNO2S/c10-14(12,13)9-5-3-8(4-6-9)2-1-7-11/h3-6H,1-2,7,11H2. The summed E-state index contributed by atoms with van der Waals surface area (Å²) in [4.78, 5) is -0.297. The third-order valence-corrected chi connectivity index (χ3v) is 2.71. The Morgan fingerprint density at radius 2 is 1.79 bits per heavy atom. The maximum atomic E-state index is 12.5. The number of benzene rings is 1. The summed E-state index contributed by atoms with van der Waals surface area (Å²) in [6.07, 6.45) is 1.62. The molecule has 1 aromatic rings. The van der Waals surface area contributed by atoms with E-state index in [-0.39, 0.29) is 4.90 Å². The SMILES string of the molecule is NCCCc1ccc(S(=O)(=O)F)cc1. The van der Waals surface area contributed by atoms with Crippen molar-refractivity contribution in [2.24, 2.45) is 5.73 Å². The van der Waals surface area contributed by atoms with Crippen LogP contribution in [0.25, 0.3) is 0 Å². The highest BCUT2D eigenvalue weighted by atomic mass is 32.3. The first kappa shape index (κ1) is 11.1. The molecule has 1 rings (SSSR count). The minimum absolute atomic E-state index is 0.297. The van der Waals surface area contributed by atoms with Gasteiger partial charge in [0.2, 0.25) is 0 Å². The lowest BCUT2D eigenvalue weighted by Gasteiger charge is -2.00. The van der Waals surface area contributed by atoms with Gasteiger partial charge in [0.1, 0.15) is 0 Å². The number of rotatable bonds is 4. The number of aryl methyl sites for hydroxylation is 1. The van der Waals surface area contributed by atoms with Gasteiger partial charge < -0.3 is 5.73 Å². The van der Waals surface area contributed by atoms with Gasteiger partial charge in [-0.25, -0.2) is 0 Å². The summed E-state index contributed by atoms with van der Waals surface area (Å²) in [6, 6.07) is 5.73. The first-order chi connectivity index (χ1) is 6.54. The van der Waals surface area contributed by atoms with Crippen LogP contribution in [0.2, 0.25) is 0 Å². The van der Waals surface area contributed by atoms with Crippen molar-refractivity contribution in [1.29, 1.82) is 0 Å². The van der Waals surface area contributed by atoms with Gasteiger partial charge in [0.15, 0.2) is 0 Å². The van der Waals surface area contributed by atoms with Crippen LogP contribution in [0.1, 0.15) is 12.0 Å². The van der Waals surface area contributed by atoms with Crippen molar-refractivity contribution >= 4 is 10.2 Å². The van der Waals surface area contributed by atoms with Crippen molar-refractivity contribution in [3.05, 3.63) is 29.8 Å².